The van der Waals surface area contributed by atoms with Gasteiger partial charge in [0.2, 0.25) is 0 Å². The highest BCUT2D eigenvalue weighted by molar-refractivity contribution is 5.98. The number of carbonyl (C=O) groups excluding carboxylic acids is 2. The Bertz CT molecular complexity index is 943. The van der Waals surface area contributed by atoms with Gasteiger partial charge in [0.05, 0.1) is 17.3 Å². The Morgan fingerprint density at radius 3 is 2.42 bits per heavy atom. The molecule has 0 aliphatic carbocycles. The van der Waals surface area contributed by atoms with Crippen molar-refractivity contribution in [3.8, 4) is 0 Å². The number of ketones is 2. The highest BCUT2D eigenvalue weighted by Crippen LogP contribution is 2.29. The van der Waals surface area contributed by atoms with Crippen LogP contribution in [0.5, 0.6) is 0 Å². The van der Waals surface area contributed by atoms with E-state index in [1.165, 1.54) is 0 Å². The van der Waals surface area contributed by atoms with Crippen LogP contribution < -0.4 is 0 Å². The summed E-state index contributed by atoms with van der Waals surface area (Å²) in [5.41, 5.74) is 1.06. The van der Waals surface area contributed by atoms with Gasteiger partial charge in [-0.25, -0.2) is 0 Å². The highest BCUT2D eigenvalue weighted by atomic mass is 19.4. The van der Waals surface area contributed by atoms with Crippen LogP contribution in [-0.2, 0) is 17.4 Å². The number of alkyl halides is 3. The number of aromatic amines is 1. The van der Waals surface area contributed by atoms with Gasteiger partial charge in [-0.05, 0) is 29.8 Å². The van der Waals surface area contributed by atoms with Crippen molar-refractivity contribution >= 4 is 22.5 Å². The van der Waals surface area contributed by atoms with E-state index in [9.17, 15) is 22.8 Å². The van der Waals surface area contributed by atoms with E-state index in [1.54, 1.807) is 6.20 Å². The Morgan fingerprint density at radius 1 is 1.00 bits per heavy atom. The molecular weight excluding hydrogens is 345 g/mol. The van der Waals surface area contributed by atoms with Gasteiger partial charge in [-0.1, -0.05) is 18.2 Å². The highest BCUT2D eigenvalue weighted by Gasteiger charge is 2.30. The molecular formula is C19H15F3N2O2. The molecule has 0 atom stereocenters. The lowest BCUT2D eigenvalue weighted by atomic mass is 10.00. The third-order valence-electron chi connectivity index (χ3n) is 4.07. The van der Waals surface area contributed by atoms with Crippen LogP contribution in [0.2, 0.25) is 0 Å². The molecule has 7 heteroatoms. The standard InChI is InChI=1S/C19H15F3N2O2/c20-19(21,22)15-4-2-13(3-5-15)18(26)8-6-16(25)10-12-1-7-17-14(9-12)11-23-24-17/h1-5,7,9,11H,6,8,10H2,(H,23,24). The van der Waals surface area contributed by atoms with Crippen molar-refractivity contribution in [2.45, 2.75) is 25.4 Å². The first-order valence-corrected chi connectivity index (χ1v) is 7.97. The first-order valence-electron chi connectivity index (χ1n) is 7.97. The number of H-pyrrole nitrogens is 1. The topological polar surface area (TPSA) is 62.8 Å². The number of hydrogen-bond donors (Lipinski definition) is 1. The Kier molecular flexibility index (Phi) is 4.88. The summed E-state index contributed by atoms with van der Waals surface area (Å²) < 4.78 is 37.6. The molecule has 0 radical (unpaired) electrons. The molecule has 26 heavy (non-hydrogen) atoms. The minimum atomic E-state index is -4.44. The monoisotopic (exact) mass is 360 g/mol. The van der Waals surface area contributed by atoms with E-state index in [0.29, 0.717) is 0 Å². The lowest BCUT2D eigenvalue weighted by molar-refractivity contribution is -0.137. The quantitative estimate of drug-likeness (QED) is 0.665. The Labute approximate surface area is 147 Å². The van der Waals surface area contributed by atoms with E-state index in [4.69, 9.17) is 0 Å². The average Bonchev–Trinajstić information content (AvgIpc) is 3.07. The van der Waals surface area contributed by atoms with Crippen LogP contribution >= 0.6 is 0 Å². The van der Waals surface area contributed by atoms with Crippen LogP contribution in [0, 0.1) is 0 Å². The predicted octanol–water partition coefficient (Wildman–Crippen LogP) is 4.36. The van der Waals surface area contributed by atoms with Crippen molar-refractivity contribution in [2.24, 2.45) is 0 Å². The van der Waals surface area contributed by atoms with Gasteiger partial charge in [0, 0.05) is 30.2 Å². The van der Waals surface area contributed by atoms with Crippen molar-refractivity contribution in [1.29, 1.82) is 0 Å². The number of Topliss-reactive ketones (excluding diaryl/α,β-unsaturated/α-hetero) is 2. The largest absolute Gasteiger partial charge is 0.416 e. The van der Waals surface area contributed by atoms with Crippen molar-refractivity contribution in [1.82, 2.24) is 10.2 Å². The van der Waals surface area contributed by atoms with Gasteiger partial charge in [-0.3, -0.25) is 14.7 Å². The zero-order valence-corrected chi connectivity index (χ0v) is 13.6. The van der Waals surface area contributed by atoms with Crippen molar-refractivity contribution in [3.05, 3.63) is 65.4 Å². The normalized spacial score (nSPS) is 11.7. The summed E-state index contributed by atoms with van der Waals surface area (Å²) in [5.74, 6) is -0.453. The van der Waals surface area contributed by atoms with Crippen LogP contribution in [0.3, 0.4) is 0 Å². The summed E-state index contributed by atoms with van der Waals surface area (Å²) in [6, 6.07) is 9.53. The molecule has 0 saturated heterocycles. The van der Waals surface area contributed by atoms with Gasteiger partial charge < -0.3 is 0 Å². The fraction of sp³-hybridized carbons (Fsp3) is 0.211. The van der Waals surface area contributed by atoms with Gasteiger partial charge in [-0.2, -0.15) is 18.3 Å². The van der Waals surface area contributed by atoms with Crippen molar-refractivity contribution in [3.63, 3.8) is 0 Å². The fourth-order valence-corrected chi connectivity index (χ4v) is 2.66. The molecule has 1 heterocycles. The molecule has 0 amide bonds. The summed E-state index contributed by atoms with van der Waals surface area (Å²) in [6.45, 7) is 0. The van der Waals surface area contributed by atoms with E-state index in [1.807, 2.05) is 18.2 Å². The van der Waals surface area contributed by atoms with Crippen molar-refractivity contribution in [2.75, 3.05) is 0 Å². The lowest BCUT2D eigenvalue weighted by Gasteiger charge is -2.07. The Morgan fingerprint density at radius 2 is 1.73 bits per heavy atom. The molecule has 134 valence electrons. The number of carbonyl (C=O) groups is 2. The van der Waals surface area contributed by atoms with Crippen LogP contribution in [0.1, 0.15) is 34.3 Å². The van der Waals surface area contributed by atoms with Gasteiger partial charge in [0.15, 0.2) is 5.78 Å². The number of halogens is 3. The van der Waals surface area contributed by atoms with Gasteiger partial charge in [-0.15, -0.1) is 0 Å². The number of aromatic nitrogens is 2. The molecule has 4 nitrogen and oxygen atoms in total. The second-order valence-electron chi connectivity index (χ2n) is 6.01. The first kappa shape index (κ1) is 17.8. The number of rotatable bonds is 6. The minimum Gasteiger partial charge on any atom is -0.299 e. The smallest absolute Gasteiger partial charge is 0.299 e. The molecule has 3 rings (SSSR count). The summed E-state index contributed by atoms with van der Waals surface area (Å²) in [4.78, 5) is 24.1. The third kappa shape index (κ3) is 4.17. The zero-order chi connectivity index (χ0) is 18.7. The summed E-state index contributed by atoms with van der Waals surface area (Å²) in [6.07, 6.45) is -2.56. The Balaban J connectivity index is 1.55. The van der Waals surface area contributed by atoms with E-state index >= 15 is 0 Å². The molecule has 0 saturated carbocycles. The molecule has 0 spiro atoms. The number of fused-ring (bicyclic) bond motifs is 1. The van der Waals surface area contributed by atoms with Crippen LogP contribution in [-0.4, -0.2) is 21.8 Å². The van der Waals surface area contributed by atoms with Crippen LogP contribution in [0.4, 0.5) is 13.2 Å². The van der Waals surface area contributed by atoms with Crippen LogP contribution in [0.25, 0.3) is 10.9 Å². The number of benzene rings is 2. The molecule has 0 unspecified atom stereocenters. The van der Waals surface area contributed by atoms with Crippen molar-refractivity contribution < 1.29 is 22.8 Å². The van der Waals surface area contributed by atoms with Gasteiger partial charge in [0.1, 0.15) is 5.78 Å². The minimum absolute atomic E-state index is 0.0296. The maximum atomic E-state index is 12.5. The second kappa shape index (κ2) is 7.11. The maximum Gasteiger partial charge on any atom is 0.416 e. The summed E-state index contributed by atoms with van der Waals surface area (Å²) in [7, 11) is 0. The molecule has 1 aromatic heterocycles. The second-order valence-corrected chi connectivity index (χ2v) is 6.01. The average molecular weight is 360 g/mol. The Hall–Kier alpha value is -2.96. The molecule has 0 bridgehead atoms. The molecule has 3 aromatic rings. The lowest BCUT2D eigenvalue weighted by Crippen LogP contribution is -2.08. The fourth-order valence-electron chi connectivity index (χ4n) is 2.66. The summed E-state index contributed by atoms with van der Waals surface area (Å²) >= 11 is 0. The molecule has 2 aromatic carbocycles. The van der Waals surface area contributed by atoms with E-state index in [-0.39, 0.29) is 36.4 Å². The van der Waals surface area contributed by atoms with E-state index in [0.717, 1.165) is 40.7 Å². The van der Waals surface area contributed by atoms with Gasteiger partial charge >= 0.3 is 6.18 Å². The number of nitrogens with one attached hydrogen (secondary N) is 1. The summed E-state index contributed by atoms with van der Waals surface area (Å²) in [5, 5.41) is 7.63. The number of hydrogen-bond acceptors (Lipinski definition) is 3. The molecule has 0 fully saturated rings. The molecule has 0 aliphatic heterocycles. The van der Waals surface area contributed by atoms with E-state index in [2.05, 4.69) is 10.2 Å². The number of nitrogens with zero attached hydrogens (tertiary/aromatic N) is 1. The SMILES string of the molecule is O=C(CCC(=O)c1ccc(C(F)(F)F)cc1)Cc1ccc2[nH]ncc2c1. The van der Waals surface area contributed by atoms with Crippen LogP contribution in [0.15, 0.2) is 48.7 Å². The molecule has 1 N–H and O–H groups in total. The van der Waals surface area contributed by atoms with Gasteiger partial charge in [0.25, 0.3) is 0 Å². The third-order valence-corrected chi connectivity index (χ3v) is 4.07. The van der Waals surface area contributed by atoms with E-state index < -0.39 is 11.7 Å². The zero-order valence-electron chi connectivity index (χ0n) is 13.6. The maximum absolute atomic E-state index is 12.5. The molecule has 0 aliphatic rings. The first-order chi connectivity index (χ1) is 12.3. The predicted molar refractivity (Wildman–Crippen MR) is 89.8 cm³/mol.